The fourth-order valence-corrected chi connectivity index (χ4v) is 1.53. The highest BCUT2D eigenvalue weighted by Gasteiger charge is 2.03. The van der Waals surface area contributed by atoms with Crippen LogP contribution in [0.1, 0.15) is 16.7 Å². The van der Waals surface area contributed by atoms with Crippen molar-refractivity contribution in [3.8, 4) is 5.69 Å². The van der Waals surface area contributed by atoms with E-state index in [1.165, 1.54) is 16.7 Å². The summed E-state index contributed by atoms with van der Waals surface area (Å²) in [5.74, 6) is 0. The average molecular weight is 186 g/mol. The molecule has 1 aromatic heterocycles. The van der Waals surface area contributed by atoms with Crippen molar-refractivity contribution < 1.29 is 0 Å². The van der Waals surface area contributed by atoms with Crippen molar-refractivity contribution in [2.24, 2.45) is 0 Å². The van der Waals surface area contributed by atoms with Crippen molar-refractivity contribution in [1.82, 2.24) is 9.78 Å². The van der Waals surface area contributed by atoms with Gasteiger partial charge in [0.25, 0.3) is 0 Å². The molecule has 0 saturated heterocycles. The lowest BCUT2D eigenvalue weighted by molar-refractivity contribution is 0.870. The van der Waals surface area contributed by atoms with Gasteiger partial charge in [0.2, 0.25) is 0 Å². The fourth-order valence-electron chi connectivity index (χ4n) is 1.53. The van der Waals surface area contributed by atoms with Crippen molar-refractivity contribution in [1.29, 1.82) is 0 Å². The molecule has 2 heteroatoms. The van der Waals surface area contributed by atoms with E-state index >= 15 is 0 Å². The molecule has 0 aliphatic rings. The molecular weight excluding hydrogens is 172 g/mol. The summed E-state index contributed by atoms with van der Waals surface area (Å²) < 4.78 is 1.93. The van der Waals surface area contributed by atoms with Crippen LogP contribution in [0.3, 0.4) is 0 Å². The van der Waals surface area contributed by atoms with Gasteiger partial charge in [-0.2, -0.15) is 5.10 Å². The van der Waals surface area contributed by atoms with Crippen LogP contribution < -0.4 is 0 Å². The third kappa shape index (κ3) is 1.43. The molecule has 0 spiro atoms. The lowest BCUT2D eigenvalue weighted by Crippen LogP contribution is -1.98. The molecule has 2 nitrogen and oxygen atoms in total. The van der Waals surface area contributed by atoms with Crippen LogP contribution in [0.25, 0.3) is 5.69 Å². The lowest BCUT2D eigenvalue weighted by atomic mass is 10.1. The highest BCUT2D eigenvalue weighted by atomic mass is 15.3. The van der Waals surface area contributed by atoms with E-state index in [4.69, 9.17) is 0 Å². The molecule has 14 heavy (non-hydrogen) atoms. The minimum Gasteiger partial charge on any atom is -0.240 e. The van der Waals surface area contributed by atoms with Gasteiger partial charge < -0.3 is 0 Å². The minimum absolute atomic E-state index is 1.16. The molecule has 0 aliphatic carbocycles. The highest BCUT2D eigenvalue weighted by molar-refractivity contribution is 5.44. The largest absolute Gasteiger partial charge is 0.240 e. The van der Waals surface area contributed by atoms with Crippen LogP contribution in [0.5, 0.6) is 0 Å². The summed E-state index contributed by atoms with van der Waals surface area (Å²) in [7, 11) is 0. The van der Waals surface area contributed by atoms with Gasteiger partial charge >= 0.3 is 0 Å². The van der Waals surface area contributed by atoms with E-state index in [9.17, 15) is 0 Å². The number of nitrogens with zero attached hydrogens (tertiary/aromatic N) is 2. The second kappa shape index (κ2) is 3.29. The normalized spacial score (nSPS) is 10.5. The predicted octanol–water partition coefficient (Wildman–Crippen LogP) is 2.80. The SMILES string of the molecule is Cc1cnn(-c2cccc(C)c2C)c1. The van der Waals surface area contributed by atoms with Crippen molar-refractivity contribution in [2.45, 2.75) is 20.8 Å². The number of rotatable bonds is 1. The van der Waals surface area contributed by atoms with Gasteiger partial charge in [-0.15, -0.1) is 0 Å². The average Bonchev–Trinajstić information content (AvgIpc) is 2.57. The van der Waals surface area contributed by atoms with Crippen molar-refractivity contribution in [3.63, 3.8) is 0 Å². The van der Waals surface area contributed by atoms with Crippen LogP contribution in [0.15, 0.2) is 30.6 Å². The van der Waals surface area contributed by atoms with Gasteiger partial charge in [0.15, 0.2) is 0 Å². The van der Waals surface area contributed by atoms with Gasteiger partial charge in [-0.05, 0) is 43.5 Å². The van der Waals surface area contributed by atoms with Crippen LogP contribution in [0, 0.1) is 20.8 Å². The first-order valence-electron chi connectivity index (χ1n) is 4.76. The Hall–Kier alpha value is -1.57. The monoisotopic (exact) mass is 186 g/mol. The Morgan fingerprint density at radius 2 is 1.93 bits per heavy atom. The zero-order valence-electron chi connectivity index (χ0n) is 8.78. The van der Waals surface area contributed by atoms with Crippen LogP contribution in [0.4, 0.5) is 0 Å². The number of hydrogen-bond acceptors (Lipinski definition) is 1. The van der Waals surface area contributed by atoms with Crippen molar-refractivity contribution in [2.75, 3.05) is 0 Å². The predicted molar refractivity (Wildman–Crippen MR) is 57.8 cm³/mol. The van der Waals surface area contributed by atoms with Gasteiger partial charge in [-0.25, -0.2) is 4.68 Å². The third-order valence-electron chi connectivity index (χ3n) is 2.53. The van der Waals surface area contributed by atoms with Gasteiger partial charge in [0.05, 0.1) is 11.9 Å². The summed E-state index contributed by atoms with van der Waals surface area (Å²) in [5.41, 5.74) is 4.94. The van der Waals surface area contributed by atoms with Crippen LogP contribution in [-0.4, -0.2) is 9.78 Å². The molecule has 0 atom stereocenters. The summed E-state index contributed by atoms with van der Waals surface area (Å²) in [6.07, 6.45) is 3.92. The van der Waals surface area contributed by atoms with Crippen LogP contribution in [-0.2, 0) is 0 Å². The van der Waals surface area contributed by atoms with Gasteiger partial charge in [0, 0.05) is 6.20 Å². The molecule has 0 aliphatic heterocycles. The van der Waals surface area contributed by atoms with Crippen molar-refractivity contribution >= 4 is 0 Å². The molecule has 0 amide bonds. The van der Waals surface area contributed by atoms with Crippen LogP contribution >= 0.6 is 0 Å². The lowest BCUT2D eigenvalue weighted by Gasteiger charge is -2.07. The maximum atomic E-state index is 4.30. The Bertz CT molecular complexity index is 455. The molecule has 1 heterocycles. The van der Waals surface area contributed by atoms with Crippen molar-refractivity contribution in [3.05, 3.63) is 47.3 Å². The Morgan fingerprint density at radius 1 is 1.14 bits per heavy atom. The Balaban J connectivity index is 2.57. The molecule has 2 aromatic rings. The molecule has 2 rings (SSSR count). The van der Waals surface area contributed by atoms with E-state index in [2.05, 4.69) is 44.1 Å². The zero-order valence-corrected chi connectivity index (χ0v) is 8.78. The van der Waals surface area contributed by atoms with E-state index in [0.29, 0.717) is 0 Å². The Labute approximate surface area is 84.2 Å². The van der Waals surface area contributed by atoms with E-state index in [-0.39, 0.29) is 0 Å². The maximum Gasteiger partial charge on any atom is 0.0677 e. The maximum absolute atomic E-state index is 4.30. The highest BCUT2D eigenvalue weighted by Crippen LogP contribution is 2.16. The van der Waals surface area contributed by atoms with Crippen LogP contribution in [0.2, 0.25) is 0 Å². The second-order valence-corrected chi connectivity index (χ2v) is 3.68. The van der Waals surface area contributed by atoms with E-state index in [1.54, 1.807) is 0 Å². The molecule has 0 fully saturated rings. The first kappa shape index (κ1) is 9.00. The van der Waals surface area contributed by atoms with Gasteiger partial charge in [0.1, 0.15) is 0 Å². The van der Waals surface area contributed by atoms with E-state index < -0.39 is 0 Å². The first-order valence-corrected chi connectivity index (χ1v) is 4.76. The van der Waals surface area contributed by atoms with E-state index in [0.717, 1.165) is 5.69 Å². The Kier molecular flexibility index (Phi) is 2.12. The summed E-state index contributed by atoms with van der Waals surface area (Å²) in [4.78, 5) is 0. The topological polar surface area (TPSA) is 17.8 Å². The molecule has 0 saturated carbocycles. The zero-order chi connectivity index (χ0) is 10.1. The smallest absolute Gasteiger partial charge is 0.0677 e. The molecule has 0 radical (unpaired) electrons. The van der Waals surface area contributed by atoms with E-state index in [1.807, 2.05) is 17.1 Å². The summed E-state index contributed by atoms with van der Waals surface area (Å²) in [5, 5.41) is 4.30. The molecule has 0 unspecified atom stereocenters. The van der Waals surface area contributed by atoms with Gasteiger partial charge in [-0.1, -0.05) is 12.1 Å². The second-order valence-electron chi connectivity index (χ2n) is 3.68. The Morgan fingerprint density at radius 3 is 2.57 bits per heavy atom. The van der Waals surface area contributed by atoms with Gasteiger partial charge in [-0.3, -0.25) is 0 Å². The molecule has 0 N–H and O–H groups in total. The molecular formula is C12H14N2. The third-order valence-corrected chi connectivity index (χ3v) is 2.53. The first-order chi connectivity index (χ1) is 6.68. The number of benzene rings is 1. The number of aromatic nitrogens is 2. The number of hydrogen-bond donors (Lipinski definition) is 0. The molecule has 1 aromatic carbocycles. The molecule has 72 valence electrons. The minimum atomic E-state index is 1.16. The summed E-state index contributed by atoms with van der Waals surface area (Å²) in [6, 6.07) is 6.28. The summed E-state index contributed by atoms with van der Waals surface area (Å²) >= 11 is 0. The summed E-state index contributed by atoms with van der Waals surface area (Å²) in [6.45, 7) is 6.30. The number of aryl methyl sites for hydroxylation is 2. The molecule has 0 bridgehead atoms. The quantitative estimate of drug-likeness (QED) is 0.669. The fraction of sp³-hybridized carbons (Fsp3) is 0.250. The standard InChI is InChI=1S/C12H14N2/c1-9-7-13-14(8-9)12-6-4-5-10(2)11(12)3/h4-8H,1-3H3.